The summed E-state index contributed by atoms with van der Waals surface area (Å²) >= 11 is 0. The highest BCUT2D eigenvalue weighted by atomic mass is 16.5. The minimum absolute atomic E-state index is 0.169. The third-order valence-corrected chi connectivity index (χ3v) is 4.20. The molecule has 0 unspecified atom stereocenters. The van der Waals surface area contributed by atoms with Crippen LogP contribution in [0, 0.1) is 13.8 Å². The molecule has 3 rings (SSSR count). The lowest BCUT2D eigenvalue weighted by molar-refractivity contribution is 0.0929. The molecular formula is C21H23N3O2. The number of aromatic nitrogens is 2. The molecule has 5 heteroatoms. The first kappa shape index (κ1) is 17.9. The van der Waals surface area contributed by atoms with Crippen molar-refractivity contribution in [1.29, 1.82) is 0 Å². The Kier molecular flexibility index (Phi) is 5.49. The predicted molar refractivity (Wildman–Crippen MR) is 103 cm³/mol. The van der Waals surface area contributed by atoms with Crippen LogP contribution >= 0.6 is 0 Å². The highest BCUT2D eigenvalue weighted by molar-refractivity contribution is 5.94. The zero-order chi connectivity index (χ0) is 18.5. The number of nitrogens with zero attached hydrogens (tertiary/aromatic N) is 2. The van der Waals surface area contributed by atoms with Crippen molar-refractivity contribution in [2.75, 3.05) is 20.3 Å². The lowest BCUT2D eigenvalue weighted by atomic mass is 10.1. The number of carbonyl (C=O) groups is 1. The van der Waals surface area contributed by atoms with Crippen LogP contribution in [0.25, 0.3) is 16.9 Å². The van der Waals surface area contributed by atoms with E-state index in [1.54, 1.807) is 11.8 Å². The van der Waals surface area contributed by atoms with Gasteiger partial charge in [0.1, 0.15) is 5.69 Å². The summed E-state index contributed by atoms with van der Waals surface area (Å²) in [5.74, 6) is -0.169. The molecule has 1 heterocycles. The van der Waals surface area contributed by atoms with Gasteiger partial charge in [-0.15, -0.1) is 0 Å². The van der Waals surface area contributed by atoms with Gasteiger partial charge in [-0.05, 0) is 37.1 Å². The molecule has 1 amide bonds. The predicted octanol–water partition coefficient (Wildman–Crippen LogP) is 3.53. The lowest BCUT2D eigenvalue weighted by Gasteiger charge is -2.11. The van der Waals surface area contributed by atoms with Crippen molar-refractivity contribution in [2.45, 2.75) is 13.8 Å². The van der Waals surface area contributed by atoms with Gasteiger partial charge in [0.15, 0.2) is 0 Å². The van der Waals surface area contributed by atoms with Crippen molar-refractivity contribution < 1.29 is 9.53 Å². The van der Waals surface area contributed by atoms with E-state index in [4.69, 9.17) is 9.84 Å². The zero-order valence-corrected chi connectivity index (χ0v) is 15.3. The van der Waals surface area contributed by atoms with Crippen LogP contribution in [-0.2, 0) is 4.74 Å². The molecular weight excluding hydrogens is 326 g/mol. The molecule has 0 saturated heterocycles. The topological polar surface area (TPSA) is 56.1 Å². The van der Waals surface area contributed by atoms with E-state index in [0.717, 1.165) is 28.1 Å². The molecule has 3 aromatic rings. The molecule has 0 bridgehead atoms. The number of carbonyl (C=O) groups excluding carboxylic acids is 1. The average Bonchev–Trinajstić information content (AvgIpc) is 3.10. The molecule has 5 nitrogen and oxygen atoms in total. The number of ether oxygens (including phenoxy) is 1. The summed E-state index contributed by atoms with van der Waals surface area (Å²) in [6, 6.07) is 17.8. The maximum Gasteiger partial charge on any atom is 0.270 e. The minimum atomic E-state index is -0.169. The molecule has 0 saturated carbocycles. The molecule has 0 aliphatic heterocycles. The van der Waals surface area contributed by atoms with Gasteiger partial charge in [0.2, 0.25) is 0 Å². The molecule has 2 aromatic carbocycles. The number of amides is 1. The second-order valence-electron chi connectivity index (χ2n) is 6.23. The number of nitrogens with one attached hydrogen (secondary N) is 1. The van der Waals surface area contributed by atoms with E-state index in [1.165, 1.54) is 0 Å². The first-order valence-corrected chi connectivity index (χ1v) is 8.60. The normalized spacial score (nSPS) is 10.7. The summed E-state index contributed by atoms with van der Waals surface area (Å²) in [6.07, 6.45) is 0. The number of benzene rings is 2. The Bertz CT molecular complexity index is 901. The van der Waals surface area contributed by atoms with Crippen LogP contribution in [0.5, 0.6) is 0 Å². The molecule has 1 N–H and O–H groups in total. The number of hydrogen-bond acceptors (Lipinski definition) is 3. The van der Waals surface area contributed by atoms with Gasteiger partial charge in [-0.3, -0.25) is 4.79 Å². The Balaban J connectivity index is 2.07. The standard InChI is InChI=1S/C21H23N3O2/c1-15-9-10-16(2)19(13-15)24-20(21(25)22-11-12-26-3)14-18(23-24)17-7-5-4-6-8-17/h4-10,13-14H,11-12H2,1-3H3,(H,22,25). The average molecular weight is 349 g/mol. The Hall–Kier alpha value is -2.92. The molecule has 134 valence electrons. The first-order valence-electron chi connectivity index (χ1n) is 8.60. The highest BCUT2D eigenvalue weighted by Gasteiger charge is 2.18. The van der Waals surface area contributed by atoms with Crippen LogP contribution in [0.1, 0.15) is 21.6 Å². The van der Waals surface area contributed by atoms with Crippen LogP contribution < -0.4 is 5.32 Å². The van der Waals surface area contributed by atoms with Gasteiger partial charge in [0.05, 0.1) is 18.0 Å². The van der Waals surface area contributed by atoms with E-state index >= 15 is 0 Å². The van der Waals surface area contributed by atoms with Crippen molar-refractivity contribution in [1.82, 2.24) is 15.1 Å². The van der Waals surface area contributed by atoms with E-state index in [2.05, 4.69) is 11.4 Å². The molecule has 0 aliphatic carbocycles. The first-order chi connectivity index (χ1) is 12.6. The van der Waals surface area contributed by atoms with Crippen molar-refractivity contribution in [3.63, 3.8) is 0 Å². The fourth-order valence-electron chi connectivity index (χ4n) is 2.78. The van der Waals surface area contributed by atoms with Crippen molar-refractivity contribution in [2.24, 2.45) is 0 Å². The van der Waals surface area contributed by atoms with Gasteiger partial charge >= 0.3 is 0 Å². The van der Waals surface area contributed by atoms with E-state index in [-0.39, 0.29) is 5.91 Å². The van der Waals surface area contributed by atoms with E-state index in [1.807, 2.05) is 62.4 Å². The lowest BCUT2D eigenvalue weighted by Crippen LogP contribution is -2.29. The van der Waals surface area contributed by atoms with E-state index in [0.29, 0.717) is 18.8 Å². The quantitative estimate of drug-likeness (QED) is 0.693. The maximum atomic E-state index is 12.7. The Morgan fingerprint density at radius 1 is 1.12 bits per heavy atom. The molecule has 26 heavy (non-hydrogen) atoms. The number of rotatable bonds is 6. The minimum Gasteiger partial charge on any atom is -0.383 e. The highest BCUT2D eigenvalue weighted by Crippen LogP contribution is 2.24. The van der Waals surface area contributed by atoms with Crippen molar-refractivity contribution >= 4 is 5.91 Å². The Morgan fingerprint density at radius 2 is 1.88 bits per heavy atom. The zero-order valence-electron chi connectivity index (χ0n) is 15.3. The van der Waals surface area contributed by atoms with Gasteiger partial charge in [-0.2, -0.15) is 5.10 Å². The molecule has 0 spiro atoms. The SMILES string of the molecule is COCCNC(=O)c1cc(-c2ccccc2)nn1-c1cc(C)ccc1C. The Labute approximate surface area is 153 Å². The van der Waals surface area contributed by atoms with Gasteiger partial charge in [-0.1, -0.05) is 42.5 Å². The number of methoxy groups -OCH3 is 1. The summed E-state index contributed by atoms with van der Waals surface area (Å²) in [5, 5.41) is 7.61. The second kappa shape index (κ2) is 7.97. The van der Waals surface area contributed by atoms with Crippen molar-refractivity contribution in [3.05, 3.63) is 71.4 Å². The maximum absolute atomic E-state index is 12.7. The van der Waals surface area contributed by atoms with Gasteiger partial charge in [0, 0.05) is 19.2 Å². The Morgan fingerprint density at radius 3 is 2.62 bits per heavy atom. The third-order valence-electron chi connectivity index (χ3n) is 4.20. The second-order valence-corrected chi connectivity index (χ2v) is 6.23. The molecule has 0 aliphatic rings. The summed E-state index contributed by atoms with van der Waals surface area (Å²) in [5.41, 5.74) is 5.33. The molecule has 0 fully saturated rings. The van der Waals surface area contributed by atoms with Crippen LogP contribution in [0.15, 0.2) is 54.6 Å². The smallest absolute Gasteiger partial charge is 0.270 e. The molecule has 1 aromatic heterocycles. The van der Waals surface area contributed by atoms with Crippen molar-refractivity contribution in [3.8, 4) is 16.9 Å². The summed E-state index contributed by atoms with van der Waals surface area (Å²) in [7, 11) is 1.61. The van der Waals surface area contributed by atoms with Crippen LogP contribution in [0.2, 0.25) is 0 Å². The summed E-state index contributed by atoms with van der Waals surface area (Å²) < 4.78 is 6.74. The van der Waals surface area contributed by atoms with Crippen LogP contribution in [0.4, 0.5) is 0 Å². The van der Waals surface area contributed by atoms with Gasteiger partial charge in [0.25, 0.3) is 5.91 Å². The largest absolute Gasteiger partial charge is 0.383 e. The van der Waals surface area contributed by atoms with E-state index < -0.39 is 0 Å². The summed E-state index contributed by atoms with van der Waals surface area (Å²) in [6.45, 7) is 4.97. The third kappa shape index (κ3) is 3.83. The fraction of sp³-hybridized carbons (Fsp3) is 0.238. The van der Waals surface area contributed by atoms with Gasteiger partial charge in [-0.25, -0.2) is 4.68 Å². The molecule has 0 radical (unpaired) electrons. The fourth-order valence-corrected chi connectivity index (χ4v) is 2.78. The number of aryl methyl sites for hydroxylation is 2. The van der Waals surface area contributed by atoms with Crippen LogP contribution in [0.3, 0.4) is 0 Å². The van der Waals surface area contributed by atoms with Crippen LogP contribution in [-0.4, -0.2) is 35.9 Å². The van der Waals surface area contributed by atoms with E-state index in [9.17, 15) is 4.79 Å². The monoisotopic (exact) mass is 349 g/mol. The molecule has 0 atom stereocenters. The number of hydrogen-bond donors (Lipinski definition) is 1. The summed E-state index contributed by atoms with van der Waals surface area (Å²) in [4.78, 5) is 12.7. The van der Waals surface area contributed by atoms with Gasteiger partial charge < -0.3 is 10.1 Å².